The second kappa shape index (κ2) is 14.1. The second-order valence-electron chi connectivity index (χ2n) is 11.1. The molecule has 0 spiro atoms. The van der Waals surface area contributed by atoms with Crippen molar-refractivity contribution in [3.8, 4) is 11.5 Å². The molecule has 2 saturated heterocycles. The third-order valence-electron chi connectivity index (χ3n) is 7.96. The summed E-state index contributed by atoms with van der Waals surface area (Å²) >= 11 is 5.96. The van der Waals surface area contributed by atoms with Crippen LogP contribution in [0.1, 0.15) is 19.4 Å². The Hall–Kier alpha value is -3.11. The smallest absolute Gasteiger partial charge is 0.247 e. The molecule has 14 heteroatoms. The van der Waals surface area contributed by atoms with Crippen molar-refractivity contribution >= 4 is 23.6 Å². The number of amides is 1. The molecule has 0 aromatic heterocycles. The third-order valence-corrected chi connectivity index (χ3v) is 8.20. The average Bonchev–Trinajstić information content (AvgIpc) is 3.61. The topological polar surface area (TPSA) is 176 Å². The molecule has 0 unspecified atom stereocenters. The molecule has 1 saturated carbocycles. The number of hydrogen-bond acceptors (Lipinski definition) is 11. The van der Waals surface area contributed by atoms with Gasteiger partial charge in [0.25, 0.3) is 0 Å². The highest BCUT2D eigenvalue weighted by Crippen LogP contribution is 2.32. The van der Waals surface area contributed by atoms with Gasteiger partial charge in [-0.15, -0.1) is 0 Å². The van der Waals surface area contributed by atoms with Gasteiger partial charge in [-0.1, -0.05) is 23.7 Å². The van der Waals surface area contributed by atoms with Crippen LogP contribution in [0.3, 0.4) is 0 Å². The lowest BCUT2D eigenvalue weighted by Gasteiger charge is -2.41. The maximum atomic E-state index is 15.0. The van der Waals surface area contributed by atoms with Gasteiger partial charge in [0, 0.05) is 10.6 Å². The molecule has 0 radical (unpaired) electrons. The highest BCUT2D eigenvalue weighted by Gasteiger charge is 2.53. The minimum Gasteiger partial charge on any atom is -0.489 e. The minimum absolute atomic E-state index is 0.116. The maximum absolute atomic E-state index is 15.0. The molecule has 10 atom stereocenters. The van der Waals surface area contributed by atoms with E-state index in [2.05, 4.69) is 5.32 Å². The number of ether oxygens (including phenoxy) is 5. The summed E-state index contributed by atoms with van der Waals surface area (Å²) in [5, 5.41) is 55.4. The summed E-state index contributed by atoms with van der Waals surface area (Å²) in [7, 11) is 0. The third kappa shape index (κ3) is 7.32. The van der Waals surface area contributed by atoms with E-state index in [9.17, 15) is 30.3 Å². The first kappa shape index (κ1) is 33.3. The highest BCUT2D eigenvalue weighted by molar-refractivity contribution is 6.30. The van der Waals surface area contributed by atoms with Crippen molar-refractivity contribution in [1.82, 2.24) is 5.32 Å². The van der Waals surface area contributed by atoms with Gasteiger partial charge in [0.15, 0.2) is 11.6 Å². The van der Waals surface area contributed by atoms with E-state index in [0.717, 1.165) is 6.07 Å². The summed E-state index contributed by atoms with van der Waals surface area (Å²) in [6, 6.07) is 9.46. The Morgan fingerprint density at radius 2 is 1.73 bits per heavy atom. The summed E-state index contributed by atoms with van der Waals surface area (Å²) < 4.78 is 42.4. The van der Waals surface area contributed by atoms with Crippen LogP contribution in [-0.2, 0) is 19.0 Å². The van der Waals surface area contributed by atoms with E-state index >= 15 is 4.39 Å². The molecule has 45 heavy (non-hydrogen) atoms. The SMILES string of the molecule is CC(=Cc1ccc(O[C@@H]2O[C@H](C(C)=CCOc3cccc(Cl)c3)[C@@H](O)[C@@H]2O)c(F)c1)C(=O)N[C@@H]1[C@H](O)[C@@H](O)[C@H]2OCO[C@H]2[C@@H]1O. The van der Waals surface area contributed by atoms with E-state index in [1.165, 1.54) is 25.1 Å². The molecular weight excluding hydrogens is 617 g/mol. The molecule has 0 bridgehead atoms. The number of nitrogens with one attached hydrogen (secondary N) is 1. The van der Waals surface area contributed by atoms with Gasteiger partial charge in [-0.05, 0) is 67.5 Å². The zero-order valence-corrected chi connectivity index (χ0v) is 25.1. The van der Waals surface area contributed by atoms with Crippen molar-refractivity contribution in [3.05, 3.63) is 76.1 Å². The lowest BCUT2D eigenvalue weighted by molar-refractivity contribution is -0.155. The van der Waals surface area contributed by atoms with Gasteiger partial charge in [0.1, 0.15) is 68.0 Å². The van der Waals surface area contributed by atoms with Crippen molar-refractivity contribution in [1.29, 1.82) is 0 Å². The summed E-state index contributed by atoms with van der Waals surface area (Å²) in [4.78, 5) is 12.8. The van der Waals surface area contributed by atoms with Crippen LogP contribution in [-0.4, -0.2) is 106 Å². The van der Waals surface area contributed by atoms with E-state index in [1.54, 1.807) is 37.3 Å². The fourth-order valence-electron chi connectivity index (χ4n) is 5.43. The maximum Gasteiger partial charge on any atom is 0.247 e. The van der Waals surface area contributed by atoms with Crippen molar-refractivity contribution in [2.45, 2.75) is 75.0 Å². The standard InChI is InChI=1S/C31H35ClFNO11/c1-14(8-9-41-18-5-3-4-17(32)12-18)27-25(38)26(39)31(45-27)44-20-7-6-16(11-19(20)33)10-15(2)30(40)34-21-22(35)24(37)29-28(23(21)36)42-13-43-29/h3-8,10-12,21-29,31,35-39H,9,13H2,1-2H3,(H,34,40)/t21-,22+,23-,24-,25+,26+,27-,28+,29-,31-/m1/s1. The molecule has 12 nitrogen and oxygen atoms in total. The van der Waals surface area contributed by atoms with Gasteiger partial charge in [-0.3, -0.25) is 4.79 Å². The number of fused-ring (bicyclic) bond motifs is 1. The Balaban J connectivity index is 1.18. The fourth-order valence-corrected chi connectivity index (χ4v) is 5.61. The van der Waals surface area contributed by atoms with Crippen molar-refractivity contribution in [2.24, 2.45) is 0 Å². The Morgan fingerprint density at radius 1 is 1.00 bits per heavy atom. The fraction of sp³-hybridized carbons (Fsp3) is 0.452. The van der Waals surface area contributed by atoms with E-state index < -0.39 is 72.9 Å². The van der Waals surface area contributed by atoms with Crippen molar-refractivity contribution in [2.75, 3.05) is 13.4 Å². The van der Waals surface area contributed by atoms with Crippen molar-refractivity contribution in [3.63, 3.8) is 0 Å². The molecule has 2 heterocycles. The van der Waals surface area contributed by atoms with E-state index in [1.807, 2.05) is 0 Å². The second-order valence-corrected chi connectivity index (χ2v) is 11.5. The number of aliphatic hydroxyl groups excluding tert-OH is 5. The van der Waals surface area contributed by atoms with E-state index in [0.29, 0.717) is 16.3 Å². The highest BCUT2D eigenvalue weighted by atomic mass is 35.5. The van der Waals surface area contributed by atoms with Gasteiger partial charge in [0.2, 0.25) is 12.2 Å². The first-order valence-corrected chi connectivity index (χ1v) is 14.6. The molecule has 244 valence electrons. The molecular formula is C31H35ClFNO11. The van der Waals surface area contributed by atoms with Crippen LogP contribution in [0.4, 0.5) is 4.39 Å². The number of halogens is 2. The number of benzene rings is 2. The lowest BCUT2D eigenvalue weighted by Crippen LogP contribution is -2.67. The minimum atomic E-state index is -1.51. The van der Waals surface area contributed by atoms with Gasteiger partial charge in [-0.2, -0.15) is 0 Å². The number of hydrogen-bond donors (Lipinski definition) is 6. The summed E-state index contributed by atoms with van der Waals surface area (Å²) in [5.41, 5.74) is 0.968. The zero-order chi connectivity index (χ0) is 32.4. The molecule has 2 aromatic rings. The van der Waals surface area contributed by atoms with Gasteiger partial charge in [0.05, 0.1) is 6.04 Å². The molecule has 1 amide bonds. The quantitative estimate of drug-likeness (QED) is 0.169. The predicted octanol–water partition coefficient (Wildman–Crippen LogP) is 1.06. The van der Waals surface area contributed by atoms with E-state index in [-0.39, 0.29) is 30.3 Å². The predicted molar refractivity (Wildman–Crippen MR) is 157 cm³/mol. The molecule has 6 N–H and O–H groups in total. The summed E-state index contributed by atoms with van der Waals surface area (Å²) in [6.07, 6.45) is -8.15. The van der Waals surface area contributed by atoms with Crippen molar-refractivity contribution < 1.29 is 58.4 Å². The molecule has 3 fully saturated rings. The first-order chi connectivity index (χ1) is 21.4. The summed E-state index contributed by atoms with van der Waals surface area (Å²) in [6.45, 7) is 3.13. The van der Waals surface area contributed by atoms with Gasteiger partial charge in [-0.25, -0.2) is 4.39 Å². The van der Waals surface area contributed by atoms with Crippen LogP contribution in [0.25, 0.3) is 6.08 Å². The lowest BCUT2D eigenvalue weighted by atomic mass is 9.83. The van der Waals surface area contributed by atoms with Gasteiger partial charge >= 0.3 is 0 Å². The molecule has 3 aliphatic rings. The largest absolute Gasteiger partial charge is 0.489 e. The molecule has 1 aliphatic carbocycles. The first-order valence-electron chi connectivity index (χ1n) is 14.2. The van der Waals surface area contributed by atoms with Gasteiger partial charge < -0.3 is 54.5 Å². The average molecular weight is 652 g/mol. The zero-order valence-electron chi connectivity index (χ0n) is 24.3. The van der Waals surface area contributed by atoms with E-state index in [4.69, 9.17) is 35.3 Å². The molecule has 2 aromatic carbocycles. The summed E-state index contributed by atoms with van der Waals surface area (Å²) in [5.74, 6) is -1.20. The monoisotopic (exact) mass is 651 g/mol. The number of rotatable bonds is 9. The van der Waals surface area contributed by atoms with Crippen LogP contribution < -0.4 is 14.8 Å². The normalized spacial score (nSPS) is 33.5. The Labute approximate surface area is 263 Å². The Kier molecular flexibility index (Phi) is 10.4. The van der Waals surface area contributed by atoms with Crippen LogP contribution in [0.2, 0.25) is 5.02 Å². The van der Waals surface area contributed by atoms with Crippen LogP contribution in [0.5, 0.6) is 11.5 Å². The Bertz CT molecular complexity index is 1440. The molecule has 5 rings (SSSR count). The number of aliphatic hydroxyl groups is 5. The van der Waals surface area contributed by atoms with Crippen LogP contribution >= 0.6 is 11.6 Å². The Morgan fingerprint density at radius 3 is 2.44 bits per heavy atom. The number of carbonyl (C=O) groups is 1. The number of carbonyl (C=O) groups excluding carboxylic acids is 1. The van der Waals surface area contributed by atoms with Crippen LogP contribution in [0, 0.1) is 5.82 Å². The molecule has 2 aliphatic heterocycles. The van der Waals surface area contributed by atoms with Crippen LogP contribution in [0.15, 0.2) is 59.7 Å².